The van der Waals surface area contributed by atoms with Gasteiger partial charge in [0, 0.05) is 23.6 Å². The van der Waals surface area contributed by atoms with E-state index < -0.39 is 22.7 Å². The van der Waals surface area contributed by atoms with Crippen LogP contribution in [0.3, 0.4) is 0 Å². The van der Waals surface area contributed by atoms with Crippen molar-refractivity contribution in [2.24, 2.45) is 0 Å². The number of aryl methyl sites for hydroxylation is 1. The number of methoxy groups -OCH3 is 1. The Morgan fingerprint density at radius 1 is 1.34 bits per heavy atom. The third-order valence-corrected chi connectivity index (χ3v) is 6.64. The van der Waals surface area contributed by atoms with Crippen LogP contribution in [0.5, 0.6) is 0 Å². The maximum Gasteiger partial charge on any atom is 0.306 e. The normalized spacial score (nSPS) is 13.6. The number of fused-ring (bicyclic) bond motifs is 1. The van der Waals surface area contributed by atoms with Gasteiger partial charge in [-0.3, -0.25) is 9.00 Å². The summed E-state index contributed by atoms with van der Waals surface area (Å²) in [6.07, 6.45) is 3.97. The topological polar surface area (TPSA) is 99.0 Å². The number of hydrogen-bond acceptors (Lipinski definition) is 8. The van der Waals surface area contributed by atoms with E-state index in [9.17, 15) is 17.3 Å². The zero-order valence-electron chi connectivity index (χ0n) is 17.0. The Kier molecular flexibility index (Phi) is 6.80. The maximum atomic E-state index is 13.8. The fourth-order valence-corrected chi connectivity index (χ4v) is 4.81. The Bertz CT molecular complexity index is 1190. The van der Waals surface area contributed by atoms with E-state index in [0.29, 0.717) is 16.8 Å². The molecule has 0 radical (unpaired) electrons. The summed E-state index contributed by atoms with van der Waals surface area (Å²) < 4.78 is 45.3. The van der Waals surface area contributed by atoms with E-state index in [-0.39, 0.29) is 35.6 Å². The first kappa shape index (κ1) is 22.3. The Labute approximate surface area is 189 Å². The van der Waals surface area contributed by atoms with Gasteiger partial charge in [-0.2, -0.15) is 9.37 Å². The highest BCUT2D eigenvalue weighted by Gasteiger charge is 2.23. The van der Waals surface area contributed by atoms with Crippen molar-refractivity contribution in [1.82, 2.24) is 19.2 Å². The van der Waals surface area contributed by atoms with Crippen LogP contribution in [0.4, 0.5) is 19.9 Å². The molecule has 0 aliphatic heterocycles. The minimum Gasteiger partial charge on any atom is -0.469 e. The van der Waals surface area contributed by atoms with Crippen LogP contribution in [-0.4, -0.2) is 42.2 Å². The number of benzene rings is 1. The molecule has 8 nitrogen and oxygen atoms in total. The molecule has 0 fully saturated rings. The zero-order valence-corrected chi connectivity index (χ0v) is 18.6. The average molecular weight is 480 g/mol. The van der Waals surface area contributed by atoms with E-state index in [1.54, 1.807) is 6.07 Å². The minimum atomic E-state index is -1.72. The van der Waals surface area contributed by atoms with Crippen LogP contribution in [0.1, 0.15) is 24.0 Å². The zero-order chi connectivity index (χ0) is 22.7. The number of aromatic nitrogens is 4. The number of pyridine rings is 1. The molecule has 1 aromatic carbocycles. The summed E-state index contributed by atoms with van der Waals surface area (Å²) in [5.41, 5.74) is 4.16. The summed E-state index contributed by atoms with van der Waals surface area (Å²) in [7, 11) is -0.479. The van der Waals surface area contributed by atoms with E-state index in [4.69, 9.17) is 0 Å². The van der Waals surface area contributed by atoms with E-state index in [2.05, 4.69) is 25.1 Å². The molecule has 0 saturated heterocycles. The lowest BCUT2D eigenvalue weighted by molar-refractivity contribution is -0.140. The first-order valence-corrected chi connectivity index (χ1v) is 11.7. The molecule has 1 atom stereocenters. The number of rotatable bonds is 8. The molecule has 1 aliphatic rings. The molecule has 1 N–H and O–H groups in total. The number of nitrogens with zero attached hydrogens (tertiary/aromatic N) is 4. The van der Waals surface area contributed by atoms with Crippen LogP contribution >= 0.6 is 12.3 Å². The summed E-state index contributed by atoms with van der Waals surface area (Å²) in [5, 5.41) is 6.96. The van der Waals surface area contributed by atoms with Crippen molar-refractivity contribution in [3.8, 4) is 11.1 Å². The summed E-state index contributed by atoms with van der Waals surface area (Å²) in [5.74, 6) is -1.13. The van der Waals surface area contributed by atoms with Crippen molar-refractivity contribution in [3.05, 3.63) is 47.5 Å². The van der Waals surface area contributed by atoms with Gasteiger partial charge in [-0.05, 0) is 42.0 Å². The van der Waals surface area contributed by atoms with E-state index in [1.807, 2.05) is 12.1 Å². The lowest BCUT2D eigenvalue weighted by Gasteiger charge is -2.16. The van der Waals surface area contributed by atoms with E-state index in [1.165, 1.54) is 19.4 Å². The van der Waals surface area contributed by atoms with Gasteiger partial charge in [0.05, 0.1) is 30.0 Å². The maximum absolute atomic E-state index is 13.8. The molecule has 0 amide bonds. The highest BCUT2D eigenvalue weighted by Crippen LogP contribution is 2.39. The lowest BCUT2D eigenvalue weighted by Crippen LogP contribution is -2.08. The van der Waals surface area contributed by atoms with Gasteiger partial charge in [0.2, 0.25) is 17.1 Å². The molecule has 2 heterocycles. The molecule has 0 spiro atoms. The average Bonchev–Trinajstić information content (AvgIpc) is 3.44. The van der Waals surface area contributed by atoms with Crippen LogP contribution < -0.4 is 5.32 Å². The first-order valence-electron chi connectivity index (χ1n) is 9.75. The van der Waals surface area contributed by atoms with Crippen LogP contribution in [0.25, 0.3) is 11.1 Å². The molecular formula is C20H19F2N5O3S2. The van der Waals surface area contributed by atoms with Crippen LogP contribution in [0.15, 0.2) is 35.6 Å². The second kappa shape index (κ2) is 9.74. The fraction of sp³-hybridized carbons (Fsp3) is 0.300. The van der Waals surface area contributed by atoms with Crippen LogP contribution in [-0.2, 0) is 33.2 Å². The number of hydrogen-bond donors (Lipinski definition) is 1. The molecule has 1 aliphatic carbocycles. The molecule has 2 aromatic heterocycles. The molecule has 12 heteroatoms. The number of anilines is 2. The highest BCUT2D eigenvalue weighted by atomic mass is 32.2. The number of carbonyl (C=O) groups excluding carboxylic acids is 1. The molecule has 3 aromatic rings. The number of halogens is 2. The van der Waals surface area contributed by atoms with Gasteiger partial charge in [-0.25, -0.2) is 4.98 Å². The number of ether oxygens (including phenoxy) is 1. The van der Waals surface area contributed by atoms with Crippen molar-refractivity contribution < 1.29 is 22.0 Å². The lowest BCUT2D eigenvalue weighted by atomic mass is 9.98. The first-order chi connectivity index (χ1) is 15.5. The predicted octanol–water partition coefficient (Wildman–Crippen LogP) is 3.76. The molecule has 1 unspecified atom stereocenters. The Morgan fingerprint density at radius 3 is 2.94 bits per heavy atom. The van der Waals surface area contributed by atoms with Gasteiger partial charge in [-0.15, -0.1) is 13.1 Å². The SMILES string of the molecule is COC(=O)CCS(=O)c1nc(Nc2c(-c3ccnc(F)c3)ccc3c2CCC3)n(SF)n1. The summed E-state index contributed by atoms with van der Waals surface area (Å²) in [6.45, 7) is 0. The molecule has 0 saturated carbocycles. The monoisotopic (exact) mass is 479 g/mol. The Morgan fingerprint density at radius 2 is 2.19 bits per heavy atom. The molecule has 0 bridgehead atoms. The van der Waals surface area contributed by atoms with Gasteiger partial charge in [0.15, 0.2) is 12.3 Å². The molecule has 4 rings (SSSR count). The van der Waals surface area contributed by atoms with Gasteiger partial charge in [0.1, 0.15) is 0 Å². The second-order valence-corrected chi connectivity index (χ2v) is 8.96. The van der Waals surface area contributed by atoms with Gasteiger partial charge < -0.3 is 10.1 Å². The van der Waals surface area contributed by atoms with Crippen LogP contribution in [0, 0.1) is 5.95 Å². The van der Waals surface area contributed by atoms with Crippen molar-refractivity contribution in [3.63, 3.8) is 0 Å². The van der Waals surface area contributed by atoms with Gasteiger partial charge in [0.25, 0.3) is 0 Å². The van der Waals surface area contributed by atoms with Crippen molar-refractivity contribution in [2.75, 3.05) is 18.2 Å². The van der Waals surface area contributed by atoms with Crippen LogP contribution in [0.2, 0.25) is 0 Å². The Balaban J connectivity index is 1.70. The van der Waals surface area contributed by atoms with Gasteiger partial charge in [-0.1, -0.05) is 12.1 Å². The predicted molar refractivity (Wildman–Crippen MR) is 117 cm³/mol. The smallest absolute Gasteiger partial charge is 0.306 e. The molecular weight excluding hydrogens is 460 g/mol. The van der Waals surface area contributed by atoms with Gasteiger partial charge >= 0.3 is 5.97 Å². The van der Waals surface area contributed by atoms with Crippen molar-refractivity contribution in [1.29, 1.82) is 0 Å². The summed E-state index contributed by atoms with van der Waals surface area (Å²) in [4.78, 5) is 19.1. The number of esters is 1. The second-order valence-electron chi connectivity index (χ2n) is 7.01. The summed E-state index contributed by atoms with van der Waals surface area (Å²) >= 11 is -0.196. The molecule has 168 valence electrons. The van der Waals surface area contributed by atoms with Crippen molar-refractivity contribution >= 4 is 40.7 Å². The Hall–Kier alpha value is -2.86. The quantitative estimate of drug-likeness (QED) is 0.385. The third-order valence-electron chi connectivity index (χ3n) is 5.10. The fourth-order valence-electron chi connectivity index (χ4n) is 3.60. The standard InChI is InChI=1S/C20H19F2N5O3S2/c1-30-17(28)8-10-32(29)20-25-19(27(26-20)31-22)24-18-14-4-2-3-12(14)5-6-15(18)13-7-9-23-16(21)11-13/h5-7,9,11H,2-4,8,10H2,1H3,(H,24,25,26). The summed E-state index contributed by atoms with van der Waals surface area (Å²) in [6, 6.07) is 6.89. The third kappa shape index (κ3) is 4.65. The number of carbonyl (C=O) groups is 1. The van der Waals surface area contributed by atoms with E-state index >= 15 is 0 Å². The largest absolute Gasteiger partial charge is 0.469 e. The number of nitrogens with one attached hydrogen (secondary N) is 1. The highest BCUT2D eigenvalue weighted by molar-refractivity contribution is 7.92. The molecule has 32 heavy (non-hydrogen) atoms. The van der Waals surface area contributed by atoms with Crippen molar-refractivity contribution in [2.45, 2.75) is 30.8 Å². The van der Waals surface area contributed by atoms with E-state index in [0.717, 1.165) is 34.5 Å². The minimum absolute atomic E-state index is 0.0370.